The molecule has 0 aliphatic rings. The summed E-state index contributed by atoms with van der Waals surface area (Å²) in [5.41, 5.74) is 0. The number of hydrogen-bond donors (Lipinski definition) is 3. The Morgan fingerprint density at radius 1 is 0.722 bits per heavy atom. The fraction of sp³-hybridized carbons (Fsp3) is 1.00. The molecule has 0 aliphatic heterocycles. The zero-order valence-corrected chi connectivity index (χ0v) is 9.96. The van der Waals surface area contributed by atoms with E-state index in [9.17, 15) is 0 Å². The van der Waals surface area contributed by atoms with Crippen LogP contribution >= 0.6 is 0 Å². The average Bonchev–Trinajstić information content (AvgIpc) is 2.11. The van der Waals surface area contributed by atoms with E-state index in [0.29, 0.717) is 0 Å². The van der Waals surface area contributed by atoms with Crippen molar-refractivity contribution < 1.29 is 30.9 Å². The molecule has 18 heavy (non-hydrogen) atoms. The van der Waals surface area contributed by atoms with Gasteiger partial charge in [-0.1, -0.05) is 39.5 Å². The van der Waals surface area contributed by atoms with Gasteiger partial charge in [0.15, 0.2) is 0 Å². The third-order valence-corrected chi connectivity index (χ3v) is 0.957. The molecule has 3 N–H and O–H groups in total. The van der Waals surface area contributed by atoms with Crippen molar-refractivity contribution in [1.29, 1.82) is 0 Å². The van der Waals surface area contributed by atoms with Crippen LogP contribution < -0.4 is 0 Å². The smallest absolute Gasteiger partial charge is 0.291 e. The van der Waals surface area contributed by atoms with E-state index in [1.54, 1.807) is 0 Å². The summed E-state index contributed by atoms with van der Waals surface area (Å²) in [7, 11) is 0. The zero-order valence-electron chi connectivity index (χ0n) is 9.96. The molecular formula is C6H17N3O9. The van der Waals surface area contributed by atoms with E-state index in [2.05, 4.69) is 13.8 Å². The van der Waals surface area contributed by atoms with E-state index in [1.165, 1.54) is 25.7 Å². The molecule has 12 nitrogen and oxygen atoms in total. The van der Waals surface area contributed by atoms with Gasteiger partial charge < -0.3 is 15.6 Å². The maximum absolute atomic E-state index is 8.36. The molecule has 0 aliphatic carbocycles. The maximum Gasteiger partial charge on any atom is 0.291 e. The number of unbranched alkanes of at least 4 members (excludes halogenated alkanes) is 3. The number of hydrogen-bond acceptors (Lipinski definition) is 6. The van der Waals surface area contributed by atoms with Crippen molar-refractivity contribution >= 4 is 0 Å². The first kappa shape index (κ1) is 24.7. The fourth-order valence-corrected chi connectivity index (χ4v) is 0.500. The summed E-state index contributed by atoms with van der Waals surface area (Å²) >= 11 is 0. The van der Waals surface area contributed by atoms with Crippen molar-refractivity contribution in [3.05, 3.63) is 30.3 Å². The van der Waals surface area contributed by atoms with Gasteiger partial charge in [-0.25, -0.2) is 0 Å². The summed E-state index contributed by atoms with van der Waals surface area (Å²) in [4.78, 5) is 25.1. The molecule has 0 spiro atoms. The molecule has 0 heterocycles. The van der Waals surface area contributed by atoms with Crippen molar-refractivity contribution in [3.63, 3.8) is 0 Å². The normalized spacial score (nSPS) is 7.00. The lowest BCUT2D eigenvalue weighted by atomic mass is 10.2. The summed E-state index contributed by atoms with van der Waals surface area (Å²) < 4.78 is 0. The topological polar surface area (TPSA) is 190 Å². The summed E-state index contributed by atoms with van der Waals surface area (Å²) in [5.74, 6) is 0. The van der Waals surface area contributed by atoms with Crippen molar-refractivity contribution in [1.82, 2.24) is 0 Å². The minimum Gasteiger partial charge on any atom is -0.328 e. The quantitative estimate of drug-likeness (QED) is 0.389. The molecule has 0 atom stereocenters. The highest BCUT2D eigenvalue weighted by Gasteiger charge is 1.75. The van der Waals surface area contributed by atoms with Gasteiger partial charge in [0, 0.05) is 0 Å². The summed E-state index contributed by atoms with van der Waals surface area (Å²) in [6.45, 7) is 4.46. The number of nitrogens with zero attached hydrogens (tertiary/aromatic N) is 3. The van der Waals surface area contributed by atoms with Crippen LogP contribution in [0.1, 0.15) is 39.5 Å². The molecule has 0 aromatic carbocycles. The predicted octanol–water partition coefficient (Wildman–Crippen LogP) is 1.54. The van der Waals surface area contributed by atoms with Crippen LogP contribution in [0.4, 0.5) is 0 Å². The zero-order chi connectivity index (χ0) is 15.6. The Hall–Kier alpha value is -2.40. The third-order valence-electron chi connectivity index (χ3n) is 0.957. The van der Waals surface area contributed by atoms with Crippen molar-refractivity contribution in [3.8, 4) is 0 Å². The Bertz CT molecular complexity index is 166. The molecule has 0 fully saturated rings. The second kappa shape index (κ2) is 24.0. The Morgan fingerprint density at radius 2 is 0.833 bits per heavy atom. The minimum absolute atomic E-state index is 1.36. The summed E-state index contributed by atoms with van der Waals surface area (Å²) in [5, 5.41) is 40.9. The van der Waals surface area contributed by atoms with Crippen LogP contribution in [0.5, 0.6) is 0 Å². The van der Waals surface area contributed by atoms with Crippen LogP contribution in [-0.4, -0.2) is 30.9 Å². The van der Waals surface area contributed by atoms with Gasteiger partial charge in [-0.15, -0.1) is 30.3 Å². The highest BCUT2D eigenvalue weighted by atomic mass is 16.9. The molecule has 0 aromatic heterocycles. The summed E-state index contributed by atoms with van der Waals surface area (Å²) in [6, 6.07) is 0. The molecule has 12 heteroatoms. The average molecular weight is 275 g/mol. The third kappa shape index (κ3) is 6000. The Balaban J connectivity index is -0.0000000742. The van der Waals surface area contributed by atoms with Crippen LogP contribution in [0.15, 0.2) is 0 Å². The SMILES string of the molecule is CCCCCC.O=[N+]([O-])O.O=[N+]([O-])O.O=[N+]([O-])O. The first-order valence-corrected chi connectivity index (χ1v) is 4.61. The Kier molecular flexibility index (Phi) is 33.0. The van der Waals surface area contributed by atoms with Gasteiger partial charge in [-0.2, -0.15) is 0 Å². The van der Waals surface area contributed by atoms with E-state index in [0.717, 1.165) is 0 Å². The lowest BCUT2D eigenvalue weighted by Gasteiger charge is -1.86. The van der Waals surface area contributed by atoms with Gasteiger partial charge in [-0.3, -0.25) is 0 Å². The molecule has 0 saturated carbocycles. The van der Waals surface area contributed by atoms with Gasteiger partial charge >= 0.3 is 0 Å². The van der Waals surface area contributed by atoms with E-state index < -0.39 is 15.3 Å². The van der Waals surface area contributed by atoms with Crippen molar-refractivity contribution in [2.24, 2.45) is 0 Å². The number of rotatable bonds is 3. The van der Waals surface area contributed by atoms with Crippen LogP contribution in [0.2, 0.25) is 0 Å². The van der Waals surface area contributed by atoms with Crippen LogP contribution in [0, 0.1) is 30.3 Å². The molecule has 0 amide bonds. The largest absolute Gasteiger partial charge is 0.328 e. The fourth-order valence-electron chi connectivity index (χ4n) is 0.500. The molecular weight excluding hydrogens is 258 g/mol. The molecule has 0 unspecified atom stereocenters. The summed E-state index contributed by atoms with van der Waals surface area (Å²) in [6.07, 6.45) is 5.54. The van der Waals surface area contributed by atoms with E-state index in [1.807, 2.05) is 0 Å². The predicted molar refractivity (Wildman–Crippen MR) is 56.2 cm³/mol. The van der Waals surface area contributed by atoms with Gasteiger partial charge in [-0.05, 0) is 0 Å². The first-order valence-electron chi connectivity index (χ1n) is 4.61. The van der Waals surface area contributed by atoms with Crippen LogP contribution in [0.3, 0.4) is 0 Å². The molecule has 0 aromatic rings. The van der Waals surface area contributed by atoms with Crippen molar-refractivity contribution in [2.75, 3.05) is 0 Å². The van der Waals surface area contributed by atoms with Gasteiger partial charge in [0.2, 0.25) is 0 Å². The monoisotopic (exact) mass is 275 g/mol. The first-order chi connectivity index (χ1) is 8.11. The lowest BCUT2D eigenvalue weighted by molar-refractivity contribution is -0.742. The standard InChI is InChI=1S/C6H14.3HNO3/c1-3-5-6-4-2;3*2-1(3)4/h3-6H2,1-2H3;3*(H,2,3,4). The molecule has 0 saturated heterocycles. The van der Waals surface area contributed by atoms with Gasteiger partial charge in [0.25, 0.3) is 15.3 Å². The minimum atomic E-state index is -1.50. The highest BCUT2D eigenvalue weighted by molar-refractivity contribution is 4.31. The molecule has 0 bridgehead atoms. The lowest BCUT2D eigenvalue weighted by Crippen LogP contribution is -1.81. The van der Waals surface area contributed by atoms with E-state index >= 15 is 0 Å². The second-order valence-corrected chi connectivity index (χ2v) is 2.42. The Morgan fingerprint density at radius 3 is 0.889 bits per heavy atom. The van der Waals surface area contributed by atoms with Crippen LogP contribution in [0.25, 0.3) is 0 Å². The molecule has 0 rings (SSSR count). The van der Waals surface area contributed by atoms with Crippen LogP contribution in [-0.2, 0) is 0 Å². The molecule has 0 radical (unpaired) electrons. The van der Waals surface area contributed by atoms with Gasteiger partial charge in [0.1, 0.15) is 0 Å². The van der Waals surface area contributed by atoms with Gasteiger partial charge in [0.05, 0.1) is 0 Å². The Labute approximate surface area is 102 Å². The van der Waals surface area contributed by atoms with Crippen molar-refractivity contribution in [2.45, 2.75) is 39.5 Å². The second-order valence-electron chi connectivity index (χ2n) is 2.42. The maximum atomic E-state index is 8.36. The highest BCUT2D eigenvalue weighted by Crippen LogP contribution is 1.95. The van der Waals surface area contributed by atoms with E-state index in [4.69, 9.17) is 46.0 Å². The molecule has 110 valence electrons. The van der Waals surface area contributed by atoms with E-state index in [-0.39, 0.29) is 0 Å².